The van der Waals surface area contributed by atoms with E-state index in [4.69, 9.17) is 13.9 Å². The molecule has 0 saturated carbocycles. The average Bonchev–Trinajstić information content (AvgIpc) is 3.39. The van der Waals surface area contributed by atoms with Crippen LogP contribution in [0.2, 0.25) is 0 Å². The van der Waals surface area contributed by atoms with E-state index in [0.717, 1.165) is 24.8 Å². The van der Waals surface area contributed by atoms with Crippen LogP contribution in [0.5, 0.6) is 11.5 Å². The summed E-state index contributed by atoms with van der Waals surface area (Å²) in [5.74, 6) is 0.0101. The first kappa shape index (κ1) is 31.1. The lowest BCUT2D eigenvalue weighted by Gasteiger charge is -2.26. The molecule has 1 aromatic heterocycles. The zero-order valence-corrected chi connectivity index (χ0v) is 24.2. The summed E-state index contributed by atoms with van der Waals surface area (Å²) < 4.78 is 17.4. The number of rotatable bonds is 14. The standard InChI is InChI=1S/C33H40N2O6/c1-6-8-9-13-17-34-31(37)29-27(20-26(21-28(29)36)40-23-24-14-11-10-12-15-24)30-25(16-19-39-30)22-35(18-7-2)32(38)41-33(3,4)5/h6-7,10-12,14-16,19-21,36H,1-2,8-9,13,17-18,22-23H2,3-5H3,(H,34,37). The number of hydrogen-bond donors (Lipinski definition) is 2. The fourth-order valence-electron chi connectivity index (χ4n) is 4.14. The Labute approximate surface area is 242 Å². The van der Waals surface area contributed by atoms with Gasteiger partial charge in [0.1, 0.15) is 29.5 Å². The van der Waals surface area contributed by atoms with Crippen LogP contribution in [-0.4, -0.2) is 40.7 Å². The van der Waals surface area contributed by atoms with Crippen molar-refractivity contribution in [3.63, 3.8) is 0 Å². The molecule has 0 radical (unpaired) electrons. The van der Waals surface area contributed by atoms with Gasteiger partial charge < -0.3 is 29.2 Å². The molecule has 0 unspecified atom stereocenters. The van der Waals surface area contributed by atoms with E-state index in [1.54, 1.807) is 39.0 Å². The molecule has 8 heteroatoms. The normalized spacial score (nSPS) is 11.0. The number of phenolic OH excluding ortho intramolecular Hbond substituents is 1. The van der Waals surface area contributed by atoms with Crippen LogP contribution in [0.25, 0.3) is 11.3 Å². The van der Waals surface area contributed by atoms with Gasteiger partial charge in [0.05, 0.1) is 18.4 Å². The van der Waals surface area contributed by atoms with Crippen molar-refractivity contribution < 1.29 is 28.6 Å². The van der Waals surface area contributed by atoms with E-state index in [-0.39, 0.29) is 31.0 Å². The van der Waals surface area contributed by atoms with E-state index in [1.807, 2.05) is 36.4 Å². The summed E-state index contributed by atoms with van der Waals surface area (Å²) in [5.41, 5.74) is 1.30. The molecule has 0 spiro atoms. The molecule has 0 aliphatic rings. The number of allylic oxidation sites excluding steroid dienone is 1. The van der Waals surface area contributed by atoms with E-state index in [0.29, 0.717) is 29.2 Å². The summed E-state index contributed by atoms with van der Waals surface area (Å²) in [6.45, 7) is 14.0. The number of amides is 2. The number of aromatic hydroxyl groups is 1. The first-order valence-corrected chi connectivity index (χ1v) is 13.7. The Kier molecular flexibility index (Phi) is 11.2. The van der Waals surface area contributed by atoms with Crippen molar-refractivity contribution in [2.45, 2.75) is 58.8 Å². The van der Waals surface area contributed by atoms with Crippen LogP contribution in [0.1, 0.15) is 61.5 Å². The van der Waals surface area contributed by atoms with Crippen molar-refractivity contribution in [3.8, 4) is 22.8 Å². The quantitative estimate of drug-likeness (QED) is 0.159. The second-order valence-electron chi connectivity index (χ2n) is 10.6. The highest BCUT2D eigenvalue weighted by atomic mass is 16.6. The number of nitrogens with zero attached hydrogens (tertiary/aromatic N) is 1. The van der Waals surface area contributed by atoms with E-state index >= 15 is 0 Å². The maximum absolute atomic E-state index is 13.3. The van der Waals surface area contributed by atoms with Gasteiger partial charge >= 0.3 is 6.09 Å². The van der Waals surface area contributed by atoms with Crippen LogP contribution in [0.15, 0.2) is 84.5 Å². The second-order valence-corrected chi connectivity index (χ2v) is 10.6. The number of unbranched alkanes of at least 4 members (excludes halogenated alkanes) is 2. The molecule has 2 aromatic carbocycles. The van der Waals surface area contributed by atoms with E-state index in [2.05, 4.69) is 18.5 Å². The number of furan rings is 1. The maximum atomic E-state index is 13.3. The Morgan fingerprint density at radius 3 is 2.51 bits per heavy atom. The molecular weight excluding hydrogens is 520 g/mol. The van der Waals surface area contributed by atoms with Crippen LogP contribution in [0.3, 0.4) is 0 Å². The number of carbonyl (C=O) groups is 2. The first-order valence-electron chi connectivity index (χ1n) is 13.7. The fraction of sp³-hybridized carbons (Fsp3) is 0.333. The third-order valence-corrected chi connectivity index (χ3v) is 6.04. The molecule has 3 rings (SSSR count). The molecule has 8 nitrogen and oxygen atoms in total. The van der Waals surface area contributed by atoms with Crippen molar-refractivity contribution in [3.05, 3.63) is 96.8 Å². The van der Waals surface area contributed by atoms with Crippen molar-refractivity contribution in [1.82, 2.24) is 10.2 Å². The van der Waals surface area contributed by atoms with Crippen molar-refractivity contribution >= 4 is 12.0 Å². The van der Waals surface area contributed by atoms with Gasteiger partial charge in [-0.1, -0.05) is 42.5 Å². The number of nitrogens with one attached hydrogen (secondary N) is 1. The van der Waals surface area contributed by atoms with Gasteiger partial charge in [-0.05, 0) is 57.7 Å². The van der Waals surface area contributed by atoms with Crippen molar-refractivity contribution in [2.75, 3.05) is 13.1 Å². The minimum Gasteiger partial charge on any atom is -0.507 e. The number of ether oxygens (including phenoxy) is 2. The van der Waals surface area contributed by atoms with Crippen molar-refractivity contribution in [1.29, 1.82) is 0 Å². The SMILES string of the molecule is C=CCCCCNC(=O)c1c(O)cc(OCc2ccccc2)cc1-c1occc1CN(CC=C)C(=O)OC(C)(C)C. The van der Waals surface area contributed by atoms with E-state index < -0.39 is 17.6 Å². The van der Waals surface area contributed by atoms with Crippen LogP contribution >= 0.6 is 0 Å². The number of hydrogen-bond acceptors (Lipinski definition) is 6. The molecule has 0 aliphatic carbocycles. The van der Waals surface area contributed by atoms with Crippen LogP contribution < -0.4 is 10.1 Å². The summed E-state index contributed by atoms with van der Waals surface area (Å²) in [4.78, 5) is 27.7. The Balaban J connectivity index is 1.97. The summed E-state index contributed by atoms with van der Waals surface area (Å²) in [5, 5.41) is 13.9. The molecule has 2 amide bonds. The smallest absolute Gasteiger partial charge is 0.410 e. The van der Waals surface area contributed by atoms with Crippen molar-refractivity contribution in [2.24, 2.45) is 0 Å². The van der Waals surface area contributed by atoms with Gasteiger partial charge in [0.25, 0.3) is 5.91 Å². The average molecular weight is 561 g/mol. The van der Waals surface area contributed by atoms with Gasteiger partial charge in [0.15, 0.2) is 0 Å². The number of phenols is 1. The molecule has 41 heavy (non-hydrogen) atoms. The lowest BCUT2D eigenvalue weighted by atomic mass is 9.99. The first-order chi connectivity index (χ1) is 19.6. The summed E-state index contributed by atoms with van der Waals surface area (Å²) in [7, 11) is 0. The minimum absolute atomic E-state index is 0.0597. The molecular formula is C33H40N2O6. The van der Waals surface area contributed by atoms with Gasteiger partial charge in [-0.15, -0.1) is 13.2 Å². The Morgan fingerprint density at radius 2 is 1.83 bits per heavy atom. The third kappa shape index (κ3) is 9.31. The minimum atomic E-state index is -0.678. The zero-order chi connectivity index (χ0) is 29.8. The molecule has 0 saturated heterocycles. The maximum Gasteiger partial charge on any atom is 0.410 e. The topological polar surface area (TPSA) is 101 Å². The predicted octanol–water partition coefficient (Wildman–Crippen LogP) is 7.24. The molecule has 1 heterocycles. The molecule has 0 atom stereocenters. The largest absolute Gasteiger partial charge is 0.507 e. The van der Waals surface area contributed by atoms with Crippen LogP contribution in [0, 0.1) is 0 Å². The molecule has 0 bridgehead atoms. The number of benzene rings is 2. The molecule has 3 aromatic rings. The fourth-order valence-corrected chi connectivity index (χ4v) is 4.14. The van der Waals surface area contributed by atoms with Crippen LogP contribution in [0.4, 0.5) is 4.79 Å². The second kappa shape index (κ2) is 14.8. The number of carbonyl (C=O) groups excluding carboxylic acids is 2. The molecule has 218 valence electrons. The molecule has 0 aliphatic heterocycles. The highest BCUT2D eigenvalue weighted by molar-refractivity contribution is 6.03. The van der Waals surface area contributed by atoms with Gasteiger partial charge in [-0.2, -0.15) is 0 Å². The highest BCUT2D eigenvalue weighted by Gasteiger charge is 2.26. The highest BCUT2D eigenvalue weighted by Crippen LogP contribution is 2.38. The Bertz CT molecular complexity index is 1320. The van der Waals surface area contributed by atoms with Gasteiger partial charge in [0, 0.05) is 30.3 Å². The van der Waals surface area contributed by atoms with E-state index in [9.17, 15) is 14.7 Å². The monoisotopic (exact) mass is 560 g/mol. The lowest BCUT2D eigenvalue weighted by molar-refractivity contribution is 0.0256. The predicted molar refractivity (Wildman–Crippen MR) is 160 cm³/mol. The summed E-state index contributed by atoms with van der Waals surface area (Å²) in [6.07, 6.45) is 6.94. The van der Waals surface area contributed by atoms with E-state index in [1.165, 1.54) is 17.2 Å². The van der Waals surface area contributed by atoms with Gasteiger partial charge in [0.2, 0.25) is 0 Å². The Morgan fingerprint density at radius 1 is 1.07 bits per heavy atom. The lowest BCUT2D eigenvalue weighted by Crippen LogP contribution is -2.36. The zero-order valence-electron chi connectivity index (χ0n) is 24.2. The van der Waals surface area contributed by atoms with Gasteiger partial charge in [-0.25, -0.2) is 4.79 Å². The molecule has 2 N–H and O–H groups in total. The van der Waals surface area contributed by atoms with Crippen LogP contribution in [-0.2, 0) is 17.9 Å². The summed E-state index contributed by atoms with van der Waals surface area (Å²) in [6, 6.07) is 14.4. The Hall–Kier alpha value is -4.46. The third-order valence-electron chi connectivity index (χ3n) is 6.04. The van der Waals surface area contributed by atoms with Gasteiger partial charge in [-0.3, -0.25) is 4.79 Å². The molecule has 0 fully saturated rings. The summed E-state index contributed by atoms with van der Waals surface area (Å²) >= 11 is 0.